The molecule has 0 saturated carbocycles. The molecule has 1 aromatic rings. The Hall–Kier alpha value is -0.0200. The standard InChI is InChI=1S/C12H16Cl2FN.ClH/c1-2-3-4-5-10(16)11-8(13)6-7-9(14)12(11)15;/h6-7,10H,2-5,16H2,1H3;1H/t10-;/m1./s1. The number of hydrogen-bond acceptors (Lipinski definition) is 1. The van der Waals surface area contributed by atoms with Gasteiger partial charge in [0, 0.05) is 16.6 Å². The average molecular weight is 301 g/mol. The molecule has 0 fully saturated rings. The Morgan fingerprint density at radius 3 is 2.41 bits per heavy atom. The summed E-state index contributed by atoms with van der Waals surface area (Å²) >= 11 is 11.6. The van der Waals surface area contributed by atoms with E-state index in [0.29, 0.717) is 10.6 Å². The quantitative estimate of drug-likeness (QED) is 0.592. The van der Waals surface area contributed by atoms with Gasteiger partial charge in [0.2, 0.25) is 0 Å². The van der Waals surface area contributed by atoms with Crippen molar-refractivity contribution < 1.29 is 4.39 Å². The summed E-state index contributed by atoms with van der Waals surface area (Å²) < 4.78 is 13.7. The van der Waals surface area contributed by atoms with Crippen LogP contribution in [-0.2, 0) is 0 Å². The smallest absolute Gasteiger partial charge is 0.148 e. The van der Waals surface area contributed by atoms with E-state index in [0.717, 1.165) is 25.7 Å². The Morgan fingerprint density at radius 2 is 1.82 bits per heavy atom. The highest BCUT2D eigenvalue weighted by atomic mass is 35.5. The maximum absolute atomic E-state index is 13.7. The van der Waals surface area contributed by atoms with E-state index in [1.165, 1.54) is 6.07 Å². The van der Waals surface area contributed by atoms with E-state index in [1.54, 1.807) is 6.07 Å². The summed E-state index contributed by atoms with van der Waals surface area (Å²) in [4.78, 5) is 0. The van der Waals surface area contributed by atoms with E-state index in [-0.39, 0.29) is 23.5 Å². The molecule has 0 spiro atoms. The van der Waals surface area contributed by atoms with Gasteiger partial charge in [0.1, 0.15) is 5.82 Å². The maximum atomic E-state index is 13.7. The number of hydrogen-bond donors (Lipinski definition) is 1. The first kappa shape index (κ1) is 17.0. The summed E-state index contributed by atoms with van der Waals surface area (Å²) in [5, 5.41) is 0.427. The van der Waals surface area contributed by atoms with Gasteiger partial charge in [-0.1, -0.05) is 49.4 Å². The van der Waals surface area contributed by atoms with Crippen LogP contribution in [0.4, 0.5) is 4.39 Å². The monoisotopic (exact) mass is 299 g/mol. The number of benzene rings is 1. The Morgan fingerprint density at radius 1 is 1.24 bits per heavy atom. The second-order valence-electron chi connectivity index (χ2n) is 3.86. The van der Waals surface area contributed by atoms with Crippen molar-refractivity contribution >= 4 is 35.6 Å². The van der Waals surface area contributed by atoms with Crippen LogP contribution in [0.1, 0.15) is 44.2 Å². The van der Waals surface area contributed by atoms with Gasteiger partial charge in [-0.2, -0.15) is 0 Å². The molecule has 1 aromatic carbocycles. The van der Waals surface area contributed by atoms with Crippen LogP contribution in [0, 0.1) is 5.82 Å². The van der Waals surface area contributed by atoms with Gasteiger partial charge in [0.15, 0.2) is 0 Å². The van der Waals surface area contributed by atoms with Crippen molar-refractivity contribution in [1.82, 2.24) is 0 Å². The molecule has 2 N–H and O–H groups in total. The first-order valence-electron chi connectivity index (χ1n) is 5.46. The third-order valence-corrected chi connectivity index (χ3v) is 3.19. The molecule has 1 atom stereocenters. The van der Waals surface area contributed by atoms with E-state index >= 15 is 0 Å². The Balaban J connectivity index is 0.00000256. The number of halogens is 4. The normalized spacial score (nSPS) is 12.1. The topological polar surface area (TPSA) is 26.0 Å². The van der Waals surface area contributed by atoms with Crippen molar-refractivity contribution in [2.45, 2.75) is 38.6 Å². The second kappa shape index (κ2) is 8.15. The molecule has 0 unspecified atom stereocenters. The van der Waals surface area contributed by atoms with E-state index in [4.69, 9.17) is 28.9 Å². The molecule has 0 aromatic heterocycles. The summed E-state index contributed by atoms with van der Waals surface area (Å²) in [6.07, 6.45) is 3.90. The minimum Gasteiger partial charge on any atom is -0.324 e. The van der Waals surface area contributed by atoms with Crippen LogP contribution in [0.15, 0.2) is 12.1 Å². The van der Waals surface area contributed by atoms with E-state index in [2.05, 4.69) is 6.92 Å². The summed E-state index contributed by atoms with van der Waals surface area (Å²) in [5.41, 5.74) is 6.26. The maximum Gasteiger partial charge on any atom is 0.148 e. The van der Waals surface area contributed by atoms with Crippen LogP contribution in [-0.4, -0.2) is 0 Å². The van der Waals surface area contributed by atoms with Crippen LogP contribution >= 0.6 is 35.6 Å². The highest BCUT2D eigenvalue weighted by Gasteiger charge is 2.17. The molecular formula is C12H17Cl3FN. The van der Waals surface area contributed by atoms with Gasteiger partial charge in [-0.15, -0.1) is 12.4 Å². The molecule has 0 bridgehead atoms. The van der Waals surface area contributed by atoms with Crippen molar-refractivity contribution in [3.05, 3.63) is 33.6 Å². The number of rotatable bonds is 5. The van der Waals surface area contributed by atoms with Gasteiger partial charge in [0.25, 0.3) is 0 Å². The van der Waals surface area contributed by atoms with Gasteiger partial charge >= 0.3 is 0 Å². The first-order chi connectivity index (χ1) is 7.57. The molecule has 17 heavy (non-hydrogen) atoms. The van der Waals surface area contributed by atoms with E-state index in [9.17, 15) is 4.39 Å². The lowest BCUT2D eigenvalue weighted by Crippen LogP contribution is -2.13. The molecule has 0 aliphatic carbocycles. The van der Waals surface area contributed by atoms with E-state index < -0.39 is 5.82 Å². The molecular weight excluding hydrogens is 283 g/mol. The molecule has 0 aliphatic rings. The Labute approximate surface area is 118 Å². The molecule has 1 nitrogen and oxygen atoms in total. The lowest BCUT2D eigenvalue weighted by atomic mass is 10.0. The number of unbranched alkanes of at least 4 members (excludes halogenated alkanes) is 2. The van der Waals surface area contributed by atoms with Crippen molar-refractivity contribution in [2.75, 3.05) is 0 Å². The van der Waals surface area contributed by atoms with Gasteiger partial charge in [0.05, 0.1) is 5.02 Å². The van der Waals surface area contributed by atoms with Crippen molar-refractivity contribution in [3.8, 4) is 0 Å². The molecule has 0 amide bonds. The molecule has 0 saturated heterocycles. The largest absolute Gasteiger partial charge is 0.324 e. The van der Waals surface area contributed by atoms with Crippen molar-refractivity contribution in [3.63, 3.8) is 0 Å². The minimum absolute atomic E-state index is 0. The third kappa shape index (κ3) is 4.63. The minimum atomic E-state index is -0.488. The van der Waals surface area contributed by atoms with Crippen LogP contribution < -0.4 is 5.73 Å². The van der Waals surface area contributed by atoms with Gasteiger partial charge in [-0.25, -0.2) is 4.39 Å². The molecule has 98 valence electrons. The Bertz CT molecular complexity index is 358. The van der Waals surface area contributed by atoms with E-state index in [1.807, 2.05) is 0 Å². The molecule has 0 aliphatic heterocycles. The predicted octanol–water partition coefficient (Wildman–Crippen LogP) is 5.13. The van der Waals surface area contributed by atoms with Crippen molar-refractivity contribution in [2.24, 2.45) is 5.73 Å². The van der Waals surface area contributed by atoms with Crippen molar-refractivity contribution in [1.29, 1.82) is 0 Å². The van der Waals surface area contributed by atoms with Crippen LogP contribution in [0.3, 0.4) is 0 Å². The Kier molecular flexibility index (Phi) is 8.14. The fourth-order valence-electron chi connectivity index (χ4n) is 1.64. The average Bonchev–Trinajstić information content (AvgIpc) is 2.24. The number of nitrogens with two attached hydrogens (primary N) is 1. The van der Waals surface area contributed by atoms with Crippen LogP contribution in [0.5, 0.6) is 0 Å². The highest BCUT2D eigenvalue weighted by molar-refractivity contribution is 6.33. The summed E-state index contributed by atoms with van der Waals surface area (Å²) in [6, 6.07) is 2.65. The molecule has 5 heteroatoms. The van der Waals surface area contributed by atoms with Gasteiger partial charge in [-0.05, 0) is 18.6 Å². The fourth-order valence-corrected chi connectivity index (χ4v) is 2.09. The zero-order valence-electron chi connectivity index (χ0n) is 9.68. The van der Waals surface area contributed by atoms with Gasteiger partial charge < -0.3 is 5.73 Å². The van der Waals surface area contributed by atoms with Gasteiger partial charge in [-0.3, -0.25) is 0 Å². The lowest BCUT2D eigenvalue weighted by Gasteiger charge is -2.15. The van der Waals surface area contributed by atoms with Crippen LogP contribution in [0.25, 0.3) is 0 Å². The summed E-state index contributed by atoms with van der Waals surface area (Å²) in [5.74, 6) is -0.488. The predicted molar refractivity (Wildman–Crippen MR) is 74.7 cm³/mol. The highest BCUT2D eigenvalue weighted by Crippen LogP contribution is 2.31. The SMILES string of the molecule is CCCCC[C@@H](N)c1c(Cl)ccc(Cl)c1F.Cl. The second-order valence-corrected chi connectivity index (χ2v) is 4.67. The molecule has 0 radical (unpaired) electrons. The zero-order chi connectivity index (χ0) is 12.1. The molecule has 1 rings (SSSR count). The lowest BCUT2D eigenvalue weighted by molar-refractivity contribution is 0.539. The molecule has 0 heterocycles. The summed E-state index contributed by atoms with van der Waals surface area (Å²) in [7, 11) is 0. The zero-order valence-corrected chi connectivity index (χ0v) is 12.0. The fraction of sp³-hybridized carbons (Fsp3) is 0.500. The third-order valence-electron chi connectivity index (χ3n) is 2.57. The first-order valence-corrected chi connectivity index (χ1v) is 6.22. The van der Waals surface area contributed by atoms with Crippen LogP contribution in [0.2, 0.25) is 10.0 Å². The summed E-state index contributed by atoms with van der Waals surface area (Å²) in [6.45, 7) is 2.11.